The maximum atomic E-state index is 4.37. The van der Waals surface area contributed by atoms with Gasteiger partial charge in [-0.3, -0.25) is 9.88 Å². The molecule has 2 atom stereocenters. The molecule has 1 aromatic heterocycles. The first-order valence-corrected chi connectivity index (χ1v) is 6.81. The van der Waals surface area contributed by atoms with Gasteiger partial charge in [0.1, 0.15) is 0 Å². The zero-order valence-corrected chi connectivity index (χ0v) is 10.3. The molecule has 3 rings (SSSR count). The number of fused-ring (bicyclic) bond motifs is 1. The Morgan fingerprint density at radius 3 is 3.12 bits per heavy atom. The molecule has 1 aromatic rings. The molecule has 1 N–H and O–H groups in total. The lowest BCUT2D eigenvalue weighted by Crippen LogP contribution is -2.44. The molecule has 0 saturated carbocycles. The highest BCUT2D eigenvalue weighted by Crippen LogP contribution is 2.27. The van der Waals surface area contributed by atoms with Crippen LogP contribution in [0.4, 0.5) is 0 Å². The van der Waals surface area contributed by atoms with Crippen molar-refractivity contribution in [3.63, 3.8) is 0 Å². The number of piperidine rings is 1. The van der Waals surface area contributed by atoms with Crippen molar-refractivity contribution in [2.45, 2.75) is 44.3 Å². The third kappa shape index (κ3) is 2.50. The molecule has 2 aliphatic heterocycles. The van der Waals surface area contributed by atoms with Gasteiger partial charge in [0.25, 0.3) is 0 Å². The van der Waals surface area contributed by atoms with E-state index in [-0.39, 0.29) is 0 Å². The summed E-state index contributed by atoms with van der Waals surface area (Å²) < 4.78 is 0. The molecule has 3 nitrogen and oxygen atoms in total. The van der Waals surface area contributed by atoms with Crippen molar-refractivity contribution in [1.82, 2.24) is 15.2 Å². The van der Waals surface area contributed by atoms with E-state index in [0.29, 0.717) is 6.04 Å². The van der Waals surface area contributed by atoms with Gasteiger partial charge in [-0.25, -0.2) is 0 Å². The van der Waals surface area contributed by atoms with Gasteiger partial charge >= 0.3 is 0 Å². The first-order chi connectivity index (χ1) is 8.43. The Bertz CT molecular complexity index is 352. The number of aromatic nitrogens is 1. The molecule has 0 amide bonds. The minimum atomic E-state index is 0.678. The summed E-state index contributed by atoms with van der Waals surface area (Å²) in [5.41, 5.74) is 1.15. The third-order valence-corrected chi connectivity index (χ3v) is 4.13. The van der Waals surface area contributed by atoms with Crippen molar-refractivity contribution in [2.75, 3.05) is 13.1 Å². The average Bonchev–Trinajstić information content (AvgIpc) is 2.81. The third-order valence-electron chi connectivity index (χ3n) is 4.13. The summed E-state index contributed by atoms with van der Waals surface area (Å²) in [5, 5.41) is 3.69. The number of nitrogens with zero attached hydrogens (tertiary/aromatic N) is 2. The van der Waals surface area contributed by atoms with E-state index in [1.54, 1.807) is 0 Å². The van der Waals surface area contributed by atoms with Crippen LogP contribution in [0.25, 0.3) is 0 Å². The molecule has 0 radical (unpaired) electrons. The van der Waals surface area contributed by atoms with Crippen molar-refractivity contribution in [1.29, 1.82) is 0 Å². The SMILES string of the molecule is c1ccc(CNC2CCN3CCCCC23)nc1. The normalized spacial score (nSPS) is 29.2. The number of pyridine rings is 1. The number of nitrogens with one attached hydrogen (secondary N) is 1. The zero-order chi connectivity index (χ0) is 11.5. The van der Waals surface area contributed by atoms with Gasteiger partial charge in [0.05, 0.1) is 5.69 Å². The van der Waals surface area contributed by atoms with Crippen LogP contribution in [0.3, 0.4) is 0 Å². The molecule has 2 aliphatic rings. The van der Waals surface area contributed by atoms with Crippen molar-refractivity contribution >= 4 is 0 Å². The van der Waals surface area contributed by atoms with Gasteiger partial charge in [0.15, 0.2) is 0 Å². The predicted molar refractivity (Wildman–Crippen MR) is 68.7 cm³/mol. The second kappa shape index (κ2) is 5.15. The van der Waals surface area contributed by atoms with Crippen LogP contribution in [0.1, 0.15) is 31.4 Å². The Morgan fingerprint density at radius 1 is 1.24 bits per heavy atom. The van der Waals surface area contributed by atoms with E-state index in [9.17, 15) is 0 Å². The monoisotopic (exact) mass is 231 g/mol. The number of hydrogen-bond donors (Lipinski definition) is 1. The van der Waals surface area contributed by atoms with Crippen molar-refractivity contribution in [3.8, 4) is 0 Å². The lowest BCUT2D eigenvalue weighted by Gasteiger charge is -2.32. The van der Waals surface area contributed by atoms with Crippen LogP contribution in [-0.4, -0.2) is 35.1 Å². The molecule has 0 bridgehead atoms. The quantitative estimate of drug-likeness (QED) is 0.860. The second-order valence-corrected chi connectivity index (χ2v) is 5.20. The summed E-state index contributed by atoms with van der Waals surface area (Å²) >= 11 is 0. The van der Waals surface area contributed by atoms with Gasteiger partial charge < -0.3 is 5.32 Å². The van der Waals surface area contributed by atoms with Crippen LogP contribution >= 0.6 is 0 Å². The van der Waals surface area contributed by atoms with Crippen LogP contribution in [0.2, 0.25) is 0 Å². The van der Waals surface area contributed by atoms with E-state index in [2.05, 4.69) is 27.3 Å². The first-order valence-electron chi connectivity index (χ1n) is 6.81. The Balaban J connectivity index is 1.55. The summed E-state index contributed by atoms with van der Waals surface area (Å²) in [6, 6.07) is 7.60. The van der Waals surface area contributed by atoms with Gasteiger partial charge in [-0.05, 0) is 37.9 Å². The fourth-order valence-corrected chi connectivity index (χ4v) is 3.22. The molecule has 0 spiro atoms. The minimum Gasteiger partial charge on any atom is -0.307 e. The summed E-state index contributed by atoms with van der Waals surface area (Å²) in [7, 11) is 0. The van der Waals surface area contributed by atoms with E-state index in [4.69, 9.17) is 0 Å². The molecular weight excluding hydrogens is 210 g/mol. The van der Waals surface area contributed by atoms with Gasteiger partial charge in [0.2, 0.25) is 0 Å². The van der Waals surface area contributed by atoms with Gasteiger partial charge in [-0.15, -0.1) is 0 Å². The molecule has 92 valence electrons. The average molecular weight is 231 g/mol. The van der Waals surface area contributed by atoms with Crippen LogP contribution < -0.4 is 5.32 Å². The summed E-state index contributed by atoms with van der Waals surface area (Å²) in [6.45, 7) is 3.51. The second-order valence-electron chi connectivity index (χ2n) is 5.20. The molecule has 0 aliphatic carbocycles. The Kier molecular flexibility index (Phi) is 3.39. The molecule has 0 aromatic carbocycles. The molecule has 2 fully saturated rings. The van der Waals surface area contributed by atoms with E-state index in [0.717, 1.165) is 18.3 Å². The van der Waals surface area contributed by atoms with Crippen LogP contribution in [0.5, 0.6) is 0 Å². The topological polar surface area (TPSA) is 28.2 Å². The smallest absolute Gasteiger partial charge is 0.0541 e. The van der Waals surface area contributed by atoms with Gasteiger partial charge in [-0.2, -0.15) is 0 Å². The molecule has 3 heteroatoms. The van der Waals surface area contributed by atoms with Crippen LogP contribution in [0, 0.1) is 0 Å². The highest BCUT2D eigenvalue weighted by molar-refractivity contribution is 5.04. The maximum absolute atomic E-state index is 4.37. The molecular formula is C14H21N3. The van der Waals surface area contributed by atoms with E-state index in [1.807, 2.05) is 12.3 Å². The number of rotatable bonds is 3. The van der Waals surface area contributed by atoms with Gasteiger partial charge in [-0.1, -0.05) is 12.5 Å². The first kappa shape index (κ1) is 11.2. The lowest BCUT2D eigenvalue weighted by atomic mass is 9.99. The van der Waals surface area contributed by atoms with Crippen LogP contribution in [0.15, 0.2) is 24.4 Å². The van der Waals surface area contributed by atoms with Crippen molar-refractivity contribution < 1.29 is 0 Å². The Hall–Kier alpha value is -0.930. The lowest BCUT2D eigenvalue weighted by molar-refractivity contribution is 0.180. The molecule has 2 unspecified atom stereocenters. The van der Waals surface area contributed by atoms with Crippen LogP contribution in [-0.2, 0) is 6.54 Å². The zero-order valence-electron chi connectivity index (χ0n) is 10.3. The Morgan fingerprint density at radius 2 is 2.24 bits per heavy atom. The standard InChI is InChI=1S/C14H21N3/c1-3-8-15-12(5-1)11-16-13-7-10-17-9-4-2-6-14(13)17/h1,3,5,8,13-14,16H,2,4,6-7,9-11H2. The molecule has 3 heterocycles. The number of hydrogen-bond acceptors (Lipinski definition) is 3. The predicted octanol–water partition coefficient (Wildman–Crippen LogP) is 1.80. The molecule has 2 saturated heterocycles. The summed E-state index contributed by atoms with van der Waals surface area (Å²) in [6.07, 6.45) is 7.35. The fraction of sp³-hybridized carbons (Fsp3) is 0.643. The highest BCUT2D eigenvalue weighted by atomic mass is 15.2. The van der Waals surface area contributed by atoms with E-state index >= 15 is 0 Å². The highest BCUT2D eigenvalue weighted by Gasteiger charge is 2.34. The fourth-order valence-electron chi connectivity index (χ4n) is 3.22. The van der Waals surface area contributed by atoms with Gasteiger partial charge in [0, 0.05) is 31.4 Å². The van der Waals surface area contributed by atoms with Crippen molar-refractivity contribution in [3.05, 3.63) is 30.1 Å². The maximum Gasteiger partial charge on any atom is 0.0541 e. The minimum absolute atomic E-state index is 0.678. The van der Waals surface area contributed by atoms with Crippen molar-refractivity contribution in [2.24, 2.45) is 0 Å². The largest absolute Gasteiger partial charge is 0.307 e. The Labute approximate surface area is 103 Å². The molecule has 17 heavy (non-hydrogen) atoms. The van der Waals surface area contributed by atoms with E-state index < -0.39 is 0 Å². The summed E-state index contributed by atoms with van der Waals surface area (Å²) in [5.74, 6) is 0. The van der Waals surface area contributed by atoms with E-state index in [1.165, 1.54) is 38.8 Å². The summed E-state index contributed by atoms with van der Waals surface area (Å²) in [4.78, 5) is 7.03.